The fraction of sp³-hybridized carbons (Fsp3) is 0.0625. The molecule has 0 bridgehead atoms. The predicted molar refractivity (Wildman–Crippen MR) is 79.8 cm³/mol. The SMILES string of the molecule is Cc1nc(-c2ccc(Br)cc2)c(-c2ccccc2)o1. The first kappa shape index (κ1) is 12.2. The number of oxazole rings is 1. The molecule has 0 aliphatic carbocycles. The van der Waals surface area contributed by atoms with Gasteiger partial charge in [0.05, 0.1) is 0 Å². The van der Waals surface area contributed by atoms with Crippen molar-refractivity contribution in [3.05, 3.63) is 65.0 Å². The lowest BCUT2D eigenvalue weighted by Crippen LogP contribution is -1.82. The minimum absolute atomic E-state index is 0.678. The number of nitrogens with zero attached hydrogens (tertiary/aromatic N) is 1. The first-order valence-corrected chi connectivity index (χ1v) is 6.82. The molecule has 1 aromatic heterocycles. The van der Waals surface area contributed by atoms with Gasteiger partial charge in [0.25, 0.3) is 0 Å². The molecular weight excluding hydrogens is 302 g/mol. The fourth-order valence-corrected chi connectivity index (χ4v) is 2.28. The van der Waals surface area contributed by atoms with E-state index in [1.165, 1.54) is 0 Å². The Morgan fingerprint density at radius 1 is 0.895 bits per heavy atom. The Morgan fingerprint density at radius 2 is 1.58 bits per heavy atom. The van der Waals surface area contributed by atoms with Gasteiger partial charge in [0.2, 0.25) is 0 Å². The summed E-state index contributed by atoms with van der Waals surface area (Å²) >= 11 is 3.44. The molecule has 3 aromatic rings. The molecule has 0 spiro atoms. The van der Waals surface area contributed by atoms with Crippen LogP contribution in [0.2, 0.25) is 0 Å². The topological polar surface area (TPSA) is 26.0 Å². The van der Waals surface area contributed by atoms with Crippen molar-refractivity contribution in [1.29, 1.82) is 0 Å². The van der Waals surface area contributed by atoms with Crippen LogP contribution in [-0.4, -0.2) is 4.98 Å². The quantitative estimate of drug-likeness (QED) is 0.659. The second-order valence-electron chi connectivity index (χ2n) is 4.28. The standard InChI is InChI=1S/C16H12BrNO/c1-11-18-15(12-7-9-14(17)10-8-12)16(19-11)13-5-3-2-4-6-13/h2-10H,1H3. The maximum absolute atomic E-state index is 5.76. The van der Waals surface area contributed by atoms with Gasteiger partial charge in [-0.3, -0.25) is 0 Å². The van der Waals surface area contributed by atoms with E-state index in [-0.39, 0.29) is 0 Å². The molecule has 2 nitrogen and oxygen atoms in total. The highest BCUT2D eigenvalue weighted by atomic mass is 79.9. The van der Waals surface area contributed by atoms with Crippen molar-refractivity contribution in [1.82, 2.24) is 4.98 Å². The van der Waals surface area contributed by atoms with E-state index in [1.54, 1.807) is 0 Å². The molecule has 0 saturated carbocycles. The normalized spacial score (nSPS) is 10.6. The molecule has 0 amide bonds. The van der Waals surface area contributed by atoms with Gasteiger partial charge in [-0.1, -0.05) is 58.4 Å². The summed E-state index contributed by atoms with van der Waals surface area (Å²) in [5.41, 5.74) is 2.98. The van der Waals surface area contributed by atoms with Gasteiger partial charge in [-0.05, 0) is 12.1 Å². The van der Waals surface area contributed by atoms with Gasteiger partial charge in [0, 0.05) is 22.5 Å². The third kappa shape index (κ3) is 2.47. The second kappa shape index (κ2) is 5.02. The maximum Gasteiger partial charge on any atom is 0.192 e. The fourth-order valence-electron chi connectivity index (χ4n) is 2.02. The molecule has 3 rings (SSSR count). The van der Waals surface area contributed by atoms with Crippen LogP contribution in [0.25, 0.3) is 22.6 Å². The number of hydrogen-bond acceptors (Lipinski definition) is 2. The molecule has 0 radical (unpaired) electrons. The molecule has 0 aliphatic rings. The van der Waals surface area contributed by atoms with Crippen LogP contribution < -0.4 is 0 Å². The average Bonchev–Trinajstić information content (AvgIpc) is 2.83. The van der Waals surface area contributed by atoms with Gasteiger partial charge in [0.1, 0.15) is 5.69 Å². The van der Waals surface area contributed by atoms with Gasteiger partial charge < -0.3 is 4.42 Å². The zero-order chi connectivity index (χ0) is 13.2. The van der Waals surface area contributed by atoms with Crippen molar-refractivity contribution in [3.63, 3.8) is 0 Å². The minimum atomic E-state index is 0.678. The number of benzene rings is 2. The van der Waals surface area contributed by atoms with Crippen LogP contribution >= 0.6 is 15.9 Å². The van der Waals surface area contributed by atoms with E-state index in [2.05, 4.69) is 20.9 Å². The summed E-state index contributed by atoms with van der Waals surface area (Å²) in [5, 5.41) is 0. The van der Waals surface area contributed by atoms with E-state index in [0.29, 0.717) is 5.89 Å². The van der Waals surface area contributed by atoms with E-state index >= 15 is 0 Å². The van der Waals surface area contributed by atoms with Crippen LogP contribution in [0.1, 0.15) is 5.89 Å². The summed E-state index contributed by atoms with van der Waals surface area (Å²) < 4.78 is 6.82. The molecule has 1 heterocycles. The van der Waals surface area contributed by atoms with Gasteiger partial charge in [-0.25, -0.2) is 4.98 Å². The van der Waals surface area contributed by atoms with Crippen molar-refractivity contribution in [2.75, 3.05) is 0 Å². The monoisotopic (exact) mass is 313 g/mol. The third-order valence-corrected chi connectivity index (χ3v) is 3.42. The van der Waals surface area contributed by atoms with E-state index in [0.717, 1.165) is 27.1 Å². The Labute approximate surface area is 120 Å². The average molecular weight is 314 g/mol. The molecule has 0 N–H and O–H groups in total. The van der Waals surface area contributed by atoms with E-state index < -0.39 is 0 Å². The molecule has 19 heavy (non-hydrogen) atoms. The van der Waals surface area contributed by atoms with Gasteiger partial charge in [0.15, 0.2) is 11.7 Å². The molecule has 0 atom stereocenters. The predicted octanol–water partition coefficient (Wildman–Crippen LogP) is 5.08. The zero-order valence-corrected chi connectivity index (χ0v) is 12.0. The Morgan fingerprint density at radius 3 is 2.26 bits per heavy atom. The molecular formula is C16H12BrNO. The summed E-state index contributed by atoms with van der Waals surface area (Å²) in [6.07, 6.45) is 0. The number of aryl methyl sites for hydroxylation is 1. The van der Waals surface area contributed by atoms with Gasteiger partial charge >= 0.3 is 0 Å². The van der Waals surface area contributed by atoms with Gasteiger partial charge in [-0.2, -0.15) is 0 Å². The van der Waals surface area contributed by atoms with E-state index in [4.69, 9.17) is 4.42 Å². The lowest BCUT2D eigenvalue weighted by molar-refractivity contribution is 0.534. The maximum atomic E-state index is 5.76. The molecule has 0 aliphatic heterocycles. The Bertz CT molecular complexity index is 687. The summed E-state index contributed by atoms with van der Waals surface area (Å²) in [6.45, 7) is 1.87. The summed E-state index contributed by atoms with van der Waals surface area (Å²) in [4.78, 5) is 4.50. The molecule has 3 heteroatoms. The van der Waals surface area contributed by atoms with E-state index in [9.17, 15) is 0 Å². The molecule has 0 saturated heterocycles. The smallest absolute Gasteiger partial charge is 0.192 e. The summed E-state index contributed by atoms with van der Waals surface area (Å²) in [7, 11) is 0. The first-order valence-electron chi connectivity index (χ1n) is 6.03. The van der Waals surface area contributed by atoms with Crippen LogP contribution in [0.5, 0.6) is 0 Å². The molecule has 0 unspecified atom stereocenters. The second-order valence-corrected chi connectivity index (χ2v) is 5.20. The van der Waals surface area contributed by atoms with Gasteiger partial charge in [-0.15, -0.1) is 0 Å². The number of halogens is 1. The molecule has 94 valence electrons. The van der Waals surface area contributed by atoms with E-state index in [1.807, 2.05) is 61.5 Å². The lowest BCUT2D eigenvalue weighted by Gasteiger charge is -2.01. The van der Waals surface area contributed by atoms with Crippen molar-refractivity contribution < 1.29 is 4.42 Å². The highest BCUT2D eigenvalue weighted by Crippen LogP contribution is 2.32. The van der Waals surface area contributed by atoms with Crippen LogP contribution in [0.3, 0.4) is 0 Å². The Hall–Kier alpha value is -1.87. The first-order chi connectivity index (χ1) is 9.24. The van der Waals surface area contributed by atoms with Crippen LogP contribution in [0.4, 0.5) is 0 Å². The highest BCUT2D eigenvalue weighted by molar-refractivity contribution is 9.10. The van der Waals surface area contributed by atoms with Crippen LogP contribution in [0, 0.1) is 6.92 Å². The minimum Gasteiger partial charge on any atom is -0.440 e. The summed E-state index contributed by atoms with van der Waals surface area (Å²) in [6, 6.07) is 18.1. The molecule has 2 aromatic carbocycles. The van der Waals surface area contributed by atoms with Crippen molar-refractivity contribution in [2.24, 2.45) is 0 Å². The summed E-state index contributed by atoms with van der Waals surface area (Å²) in [5.74, 6) is 1.50. The van der Waals surface area contributed by atoms with Crippen molar-refractivity contribution in [3.8, 4) is 22.6 Å². The third-order valence-electron chi connectivity index (χ3n) is 2.89. The van der Waals surface area contributed by atoms with Crippen molar-refractivity contribution in [2.45, 2.75) is 6.92 Å². The zero-order valence-electron chi connectivity index (χ0n) is 10.4. The Kier molecular flexibility index (Phi) is 3.22. The number of aromatic nitrogens is 1. The highest BCUT2D eigenvalue weighted by Gasteiger charge is 2.14. The Balaban J connectivity index is 2.15. The van der Waals surface area contributed by atoms with Crippen molar-refractivity contribution >= 4 is 15.9 Å². The number of rotatable bonds is 2. The molecule has 0 fully saturated rings. The largest absolute Gasteiger partial charge is 0.440 e. The number of hydrogen-bond donors (Lipinski definition) is 0. The lowest BCUT2D eigenvalue weighted by atomic mass is 10.1. The van der Waals surface area contributed by atoms with Crippen LogP contribution in [0.15, 0.2) is 63.5 Å². The van der Waals surface area contributed by atoms with Crippen LogP contribution in [-0.2, 0) is 0 Å².